The minimum Gasteiger partial charge on any atom is -0.358 e. The largest absolute Gasteiger partial charge is 0.358 e. The minimum absolute atomic E-state index is 0.527. The maximum absolute atomic E-state index is 4.95. The molecule has 15 heteroatoms. The van der Waals surface area contributed by atoms with Gasteiger partial charge in [0.1, 0.15) is 11.0 Å². The van der Waals surface area contributed by atoms with E-state index in [0.717, 1.165) is 112 Å². The fourth-order valence-corrected chi connectivity index (χ4v) is 9.40. The Hall–Kier alpha value is -8.14. The molecule has 352 valence electrons. The van der Waals surface area contributed by atoms with Crippen LogP contribution >= 0.6 is 22.7 Å². The van der Waals surface area contributed by atoms with Gasteiger partial charge in [0.05, 0.1) is 45.7 Å². The van der Waals surface area contributed by atoms with Gasteiger partial charge in [-0.05, 0) is 98.0 Å². The van der Waals surface area contributed by atoms with Crippen molar-refractivity contribution in [1.82, 2.24) is 60.3 Å². The van der Waals surface area contributed by atoms with Crippen LogP contribution in [0.1, 0.15) is 72.2 Å². The molecular formula is C55H55N13S2. The van der Waals surface area contributed by atoms with Gasteiger partial charge in [-0.2, -0.15) is 10.2 Å². The lowest BCUT2D eigenvalue weighted by atomic mass is 10.1. The summed E-state index contributed by atoms with van der Waals surface area (Å²) in [6.45, 7) is 26.3. The molecule has 10 heterocycles. The molecule has 0 fully saturated rings. The van der Waals surface area contributed by atoms with Crippen LogP contribution in [0, 0.1) is 26.7 Å². The van der Waals surface area contributed by atoms with Crippen molar-refractivity contribution in [1.29, 1.82) is 0 Å². The van der Waals surface area contributed by atoms with Gasteiger partial charge in [-0.1, -0.05) is 83.9 Å². The van der Waals surface area contributed by atoms with Gasteiger partial charge in [-0.25, -0.2) is 19.9 Å². The molecule has 0 bridgehead atoms. The van der Waals surface area contributed by atoms with Crippen molar-refractivity contribution in [2.45, 2.75) is 54.9 Å². The summed E-state index contributed by atoms with van der Waals surface area (Å²) in [7, 11) is 0. The third kappa shape index (κ3) is 10.5. The molecule has 0 radical (unpaired) electrons. The second-order valence-corrected chi connectivity index (χ2v) is 18.4. The van der Waals surface area contributed by atoms with Crippen LogP contribution in [0.5, 0.6) is 0 Å². The SMILES string of the molecule is C=C/C=C(/c1cccs1)c1nc(-c2n[nH]c3ccc(-c4cncc(NC(=C)CC(C)C)c4)nc23)[nH]c1C.C=C/C=C(/c1cccs1)c1nc(-c2n[nH]c3ccc(-c4cnccc4C)nc23)[nH]c1C.CC. The average Bonchev–Trinajstić information content (AvgIpc) is 4.24. The fraction of sp³-hybridized carbons (Fsp3) is 0.164. The summed E-state index contributed by atoms with van der Waals surface area (Å²) in [5.74, 6) is 1.87. The lowest BCUT2D eigenvalue weighted by Crippen LogP contribution is -2.02. The smallest absolute Gasteiger partial charge is 0.161 e. The van der Waals surface area contributed by atoms with Crippen molar-refractivity contribution in [3.8, 4) is 45.6 Å². The first-order valence-corrected chi connectivity index (χ1v) is 24.7. The summed E-state index contributed by atoms with van der Waals surface area (Å²) < 4.78 is 0. The quantitative estimate of drug-likeness (QED) is 0.0663. The maximum atomic E-state index is 4.95. The first-order valence-electron chi connectivity index (χ1n) is 23.0. The third-order valence-electron chi connectivity index (χ3n) is 11.0. The number of anilines is 1. The standard InChI is InChI=1S/C29H29N7S.C24H20N6S.C2H6/c1-6-8-22(25-9-7-12-37-25)26-19(5)32-29(34-26)28-27-24(35-36-28)11-10-23(33-27)20-14-21(16-30-15-20)31-18(4)13-17(2)3;1-4-6-16(20-7-5-12-31-20)21-15(3)26-24(28-21)23-22-19(29-30-23)9-8-18(27-22)17-13-25-11-10-14(17)2;1-2/h6-12,14-17,31H,1,4,13H2,2-3,5H3,(H,32,34)(H,35,36);4-13H,1H2,2-3H3,(H,26,28)(H,29,30);1-2H3/b22-8-;16-6-;. The van der Waals surface area contributed by atoms with E-state index in [4.69, 9.17) is 19.9 Å². The number of H-pyrrole nitrogens is 4. The fourth-order valence-electron chi connectivity index (χ4n) is 7.89. The number of thiophene rings is 2. The third-order valence-corrected chi connectivity index (χ3v) is 12.8. The van der Waals surface area contributed by atoms with Crippen LogP contribution < -0.4 is 5.32 Å². The second kappa shape index (κ2) is 21.9. The number of nitrogens with one attached hydrogen (secondary N) is 5. The van der Waals surface area contributed by atoms with Crippen molar-refractivity contribution in [2.75, 3.05) is 5.32 Å². The minimum atomic E-state index is 0.527. The molecule has 10 rings (SSSR count). The Labute approximate surface area is 415 Å². The number of aromatic nitrogens is 12. The van der Waals surface area contributed by atoms with Gasteiger partial charge in [0.2, 0.25) is 0 Å². The van der Waals surface area contributed by atoms with Crippen molar-refractivity contribution in [3.05, 3.63) is 184 Å². The zero-order chi connectivity index (χ0) is 49.3. The molecule has 13 nitrogen and oxygen atoms in total. The Morgan fingerprint density at radius 2 is 1.24 bits per heavy atom. The van der Waals surface area contributed by atoms with E-state index in [9.17, 15) is 0 Å². The average molecular weight is 962 g/mol. The first-order chi connectivity index (χ1) is 34.1. The molecule has 0 saturated carbocycles. The van der Waals surface area contributed by atoms with E-state index in [1.54, 1.807) is 47.2 Å². The van der Waals surface area contributed by atoms with E-state index in [1.807, 2.05) is 101 Å². The topological polar surface area (TPSA) is 178 Å². The summed E-state index contributed by atoms with van der Waals surface area (Å²) in [6, 6.07) is 20.2. The molecule has 0 aromatic carbocycles. The van der Waals surface area contributed by atoms with E-state index >= 15 is 0 Å². The molecule has 0 saturated heterocycles. The molecule has 10 aromatic rings. The molecule has 5 N–H and O–H groups in total. The highest BCUT2D eigenvalue weighted by atomic mass is 32.1. The Morgan fingerprint density at radius 3 is 1.76 bits per heavy atom. The lowest BCUT2D eigenvalue weighted by molar-refractivity contribution is 0.645. The van der Waals surface area contributed by atoms with Crippen molar-refractivity contribution < 1.29 is 0 Å². The maximum Gasteiger partial charge on any atom is 0.161 e. The second-order valence-electron chi connectivity index (χ2n) is 16.5. The van der Waals surface area contributed by atoms with Gasteiger partial charge in [0.25, 0.3) is 0 Å². The monoisotopic (exact) mass is 961 g/mol. The van der Waals surface area contributed by atoms with Crippen molar-refractivity contribution in [3.63, 3.8) is 0 Å². The van der Waals surface area contributed by atoms with E-state index < -0.39 is 0 Å². The van der Waals surface area contributed by atoms with Gasteiger partial charge in [-0.15, -0.1) is 22.7 Å². The highest BCUT2D eigenvalue weighted by Gasteiger charge is 2.21. The highest BCUT2D eigenvalue weighted by Crippen LogP contribution is 2.35. The number of rotatable bonds is 14. The van der Waals surface area contributed by atoms with Crippen molar-refractivity contribution in [2.24, 2.45) is 5.92 Å². The number of aromatic amines is 4. The number of imidazole rings is 2. The zero-order valence-electron chi connectivity index (χ0n) is 40.3. The lowest BCUT2D eigenvalue weighted by Gasteiger charge is -2.12. The Morgan fingerprint density at radius 1 is 0.686 bits per heavy atom. The van der Waals surface area contributed by atoms with Crippen LogP contribution in [0.3, 0.4) is 0 Å². The molecule has 70 heavy (non-hydrogen) atoms. The normalized spacial score (nSPS) is 11.6. The summed E-state index contributed by atoms with van der Waals surface area (Å²) in [6.07, 6.45) is 15.7. The Bertz CT molecular complexity index is 3490. The van der Waals surface area contributed by atoms with Crippen LogP contribution in [0.15, 0.2) is 146 Å². The molecule has 0 unspecified atom stereocenters. The van der Waals surface area contributed by atoms with Gasteiger partial charge < -0.3 is 15.3 Å². The van der Waals surface area contributed by atoms with Crippen LogP contribution in [-0.4, -0.2) is 60.3 Å². The highest BCUT2D eigenvalue weighted by molar-refractivity contribution is 7.11. The van der Waals surface area contributed by atoms with Crippen LogP contribution in [0.25, 0.3) is 78.8 Å². The summed E-state index contributed by atoms with van der Waals surface area (Å²) in [5, 5.41) is 22.7. The molecule has 0 amide bonds. The number of fused-ring (bicyclic) bond motifs is 2. The van der Waals surface area contributed by atoms with Crippen LogP contribution in [0.4, 0.5) is 5.69 Å². The van der Waals surface area contributed by atoms with Gasteiger partial charge in [-0.3, -0.25) is 20.2 Å². The van der Waals surface area contributed by atoms with Gasteiger partial charge >= 0.3 is 0 Å². The predicted octanol–water partition coefficient (Wildman–Crippen LogP) is 14.1. The van der Waals surface area contributed by atoms with E-state index in [0.29, 0.717) is 29.0 Å². The molecule has 0 spiro atoms. The molecule has 10 aromatic heterocycles. The number of pyridine rings is 4. The molecule has 0 atom stereocenters. The van der Waals surface area contributed by atoms with E-state index in [1.165, 1.54) is 0 Å². The summed E-state index contributed by atoms with van der Waals surface area (Å²) >= 11 is 3.34. The summed E-state index contributed by atoms with van der Waals surface area (Å²) in [4.78, 5) is 37.4. The zero-order valence-corrected chi connectivity index (χ0v) is 42.0. The van der Waals surface area contributed by atoms with Crippen LogP contribution in [0.2, 0.25) is 0 Å². The number of allylic oxidation sites excluding steroid dienone is 5. The molecule has 0 aliphatic rings. The molecule has 0 aliphatic heterocycles. The number of nitrogens with zero attached hydrogens (tertiary/aromatic N) is 8. The molecule has 0 aliphatic carbocycles. The van der Waals surface area contributed by atoms with Gasteiger partial charge in [0, 0.05) is 67.7 Å². The number of hydrogen-bond acceptors (Lipinski definition) is 11. The van der Waals surface area contributed by atoms with Crippen LogP contribution in [-0.2, 0) is 0 Å². The summed E-state index contributed by atoms with van der Waals surface area (Å²) in [5.41, 5.74) is 16.8. The molecular weight excluding hydrogens is 907 g/mol. The number of aryl methyl sites for hydroxylation is 3. The van der Waals surface area contributed by atoms with E-state index in [2.05, 4.69) is 109 Å². The number of hydrogen-bond donors (Lipinski definition) is 5. The van der Waals surface area contributed by atoms with Gasteiger partial charge in [0.15, 0.2) is 23.0 Å². The Balaban J connectivity index is 0.000000184. The van der Waals surface area contributed by atoms with Crippen molar-refractivity contribution >= 4 is 61.6 Å². The predicted molar refractivity (Wildman–Crippen MR) is 290 cm³/mol. The first kappa shape index (κ1) is 48.3. The Kier molecular flexibility index (Phi) is 15.1. The van der Waals surface area contributed by atoms with E-state index in [-0.39, 0.29) is 0 Å².